The van der Waals surface area contributed by atoms with E-state index in [0.29, 0.717) is 25.3 Å². The van der Waals surface area contributed by atoms with Crippen molar-refractivity contribution >= 4 is 17.6 Å². The molecule has 1 fully saturated rings. The number of aromatic nitrogens is 2. The molecule has 1 saturated heterocycles. The van der Waals surface area contributed by atoms with E-state index in [4.69, 9.17) is 4.74 Å². The van der Waals surface area contributed by atoms with Gasteiger partial charge in [0.05, 0.1) is 4.92 Å². The van der Waals surface area contributed by atoms with Crippen LogP contribution in [0.4, 0.5) is 16.3 Å². The third kappa shape index (κ3) is 4.59. The van der Waals surface area contributed by atoms with Gasteiger partial charge in [0.15, 0.2) is 0 Å². The number of carbonyl (C=O) groups excluding carboxylic acids is 1. The lowest BCUT2D eigenvalue weighted by Crippen LogP contribution is -2.37. The second kappa shape index (κ2) is 7.06. The quantitative estimate of drug-likeness (QED) is 0.670. The Morgan fingerprint density at radius 1 is 1.42 bits per heavy atom. The average Bonchev–Trinajstić information content (AvgIpc) is 2.68. The minimum atomic E-state index is -0.517. The van der Waals surface area contributed by atoms with Crippen molar-refractivity contribution in [1.29, 1.82) is 0 Å². The fourth-order valence-electron chi connectivity index (χ4n) is 2.67. The number of anilines is 1. The van der Waals surface area contributed by atoms with E-state index in [9.17, 15) is 14.9 Å². The number of rotatable bonds is 3. The van der Waals surface area contributed by atoms with E-state index in [1.165, 1.54) is 10.9 Å². The van der Waals surface area contributed by atoms with Crippen LogP contribution in [0.15, 0.2) is 6.20 Å². The Hall–Kier alpha value is -2.32. The monoisotopic (exact) mass is 339 g/mol. The maximum Gasteiger partial charge on any atom is 0.410 e. The second-order valence-electron chi connectivity index (χ2n) is 7.00. The molecule has 0 aromatic carbocycles. The molecule has 1 aliphatic rings. The predicted molar refractivity (Wildman–Crippen MR) is 88.9 cm³/mol. The molecule has 0 unspecified atom stereocenters. The Balaban J connectivity index is 1.98. The molecule has 9 heteroatoms. The molecule has 1 aromatic rings. The van der Waals surface area contributed by atoms with Crippen molar-refractivity contribution in [3.8, 4) is 0 Å². The number of carbonyl (C=O) groups is 1. The van der Waals surface area contributed by atoms with E-state index in [-0.39, 0.29) is 17.8 Å². The lowest BCUT2D eigenvalue weighted by Gasteiger charge is -2.26. The van der Waals surface area contributed by atoms with Crippen LogP contribution in [-0.2, 0) is 11.8 Å². The highest BCUT2D eigenvalue weighted by Crippen LogP contribution is 2.26. The van der Waals surface area contributed by atoms with Gasteiger partial charge in [-0.25, -0.2) is 9.48 Å². The van der Waals surface area contributed by atoms with Crippen LogP contribution in [0, 0.1) is 10.1 Å². The Morgan fingerprint density at radius 2 is 2.12 bits per heavy atom. The summed E-state index contributed by atoms with van der Waals surface area (Å²) in [5.41, 5.74) is -0.554. The van der Waals surface area contributed by atoms with Crippen LogP contribution in [0.2, 0.25) is 0 Å². The van der Waals surface area contributed by atoms with Gasteiger partial charge in [-0.2, -0.15) is 5.10 Å². The van der Waals surface area contributed by atoms with Gasteiger partial charge in [-0.1, -0.05) is 0 Å². The van der Waals surface area contributed by atoms with E-state index in [2.05, 4.69) is 10.4 Å². The summed E-state index contributed by atoms with van der Waals surface area (Å²) < 4.78 is 6.87. The summed E-state index contributed by atoms with van der Waals surface area (Å²) in [6.45, 7) is 6.71. The van der Waals surface area contributed by atoms with Gasteiger partial charge >= 0.3 is 11.8 Å². The molecule has 1 N–H and O–H groups in total. The first-order chi connectivity index (χ1) is 11.2. The van der Waals surface area contributed by atoms with Crippen LogP contribution in [0.25, 0.3) is 0 Å². The minimum Gasteiger partial charge on any atom is -0.444 e. The average molecular weight is 339 g/mol. The number of hydrogen-bond acceptors (Lipinski definition) is 6. The number of nitrogens with one attached hydrogen (secondary N) is 1. The van der Waals surface area contributed by atoms with E-state index >= 15 is 0 Å². The van der Waals surface area contributed by atoms with Gasteiger partial charge in [-0.15, -0.1) is 0 Å². The zero-order chi connectivity index (χ0) is 17.9. The molecule has 0 aliphatic carbocycles. The van der Waals surface area contributed by atoms with Gasteiger partial charge < -0.3 is 15.0 Å². The van der Waals surface area contributed by atoms with Crippen LogP contribution < -0.4 is 5.32 Å². The first-order valence-electron chi connectivity index (χ1n) is 8.08. The Kier molecular flexibility index (Phi) is 5.30. The third-order valence-corrected chi connectivity index (χ3v) is 3.84. The SMILES string of the molecule is Cn1ncc([N+](=O)[O-])c1N[C@@H]1CCCN(C(=O)OC(C)(C)C)CC1. The molecule has 0 spiro atoms. The van der Waals surface area contributed by atoms with E-state index < -0.39 is 10.5 Å². The summed E-state index contributed by atoms with van der Waals surface area (Å²) in [5.74, 6) is 0.399. The normalized spacial score (nSPS) is 18.8. The highest BCUT2D eigenvalue weighted by Gasteiger charge is 2.27. The number of nitro groups is 1. The van der Waals surface area contributed by atoms with Gasteiger partial charge in [0.1, 0.15) is 11.8 Å². The van der Waals surface area contributed by atoms with Crippen molar-refractivity contribution in [3.05, 3.63) is 16.3 Å². The molecule has 0 bridgehead atoms. The summed E-state index contributed by atoms with van der Waals surface area (Å²) in [7, 11) is 1.67. The first kappa shape index (κ1) is 18.0. The minimum absolute atomic E-state index is 0.0363. The Morgan fingerprint density at radius 3 is 2.75 bits per heavy atom. The molecule has 0 saturated carbocycles. The van der Waals surface area contributed by atoms with Gasteiger partial charge in [-0.3, -0.25) is 10.1 Å². The molecule has 1 amide bonds. The topological polar surface area (TPSA) is 103 Å². The number of likely N-dealkylation sites (tertiary alicyclic amines) is 1. The fourth-order valence-corrected chi connectivity index (χ4v) is 2.67. The largest absolute Gasteiger partial charge is 0.444 e. The Labute approximate surface area is 141 Å². The number of nitrogens with zero attached hydrogens (tertiary/aromatic N) is 4. The summed E-state index contributed by atoms with van der Waals surface area (Å²) in [6, 6.07) is 0.0477. The van der Waals surface area contributed by atoms with Crippen LogP contribution in [0.5, 0.6) is 0 Å². The van der Waals surface area contributed by atoms with E-state index in [1.54, 1.807) is 11.9 Å². The maximum absolute atomic E-state index is 12.2. The number of hydrogen-bond donors (Lipinski definition) is 1. The summed E-state index contributed by atoms with van der Waals surface area (Å²) >= 11 is 0. The molecule has 9 nitrogen and oxygen atoms in total. The zero-order valence-corrected chi connectivity index (χ0v) is 14.6. The second-order valence-corrected chi connectivity index (χ2v) is 7.00. The summed E-state index contributed by atoms with van der Waals surface area (Å²) in [5, 5.41) is 18.2. The van der Waals surface area contributed by atoms with Crippen molar-refractivity contribution in [2.45, 2.75) is 51.7 Å². The number of ether oxygens (including phenoxy) is 1. The number of amides is 1. The molecular formula is C15H25N5O4. The Bertz CT molecular complexity index is 607. The van der Waals surface area contributed by atoms with Gasteiger partial charge in [0.2, 0.25) is 5.82 Å². The predicted octanol–water partition coefficient (Wildman–Crippen LogP) is 2.53. The highest BCUT2D eigenvalue weighted by atomic mass is 16.6. The summed E-state index contributed by atoms with van der Waals surface area (Å²) in [6.07, 6.45) is 3.26. The molecule has 0 radical (unpaired) electrons. The van der Waals surface area contributed by atoms with Crippen molar-refractivity contribution in [1.82, 2.24) is 14.7 Å². The van der Waals surface area contributed by atoms with Gasteiger partial charge in [0.25, 0.3) is 0 Å². The van der Waals surface area contributed by atoms with Crippen molar-refractivity contribution in [3.63, 3.8) is 0 Å². The van der Waals surface area contributed by atoms with Crippen molar-refractivity contribution in [2.24, 2.45) is 7.05 Å². The number of aryl methyl sites for hydroxylation is 1. The highest BCUT2D eigenvalue weighted by molar-refractivity contribution is 5.68. The molecule has 1 aromatic heterocycles. The van der Waals surface area contributed by atoms with Crippen LogP contribution in [-0.4, -0.2) is 50.4 Å². The van der Waals surface area contributed by atoms with Gasteiger partial charge in [-0.05, 0) is 40.0 Å². The van der Waals surface area contributed by atoms with Gasteiger partial charge in [0, 0.05) is 26.2 Å². The summed E-state index contributed by atoms with van der Waals surface area (Å²) in [4.78, 5) is 24.5. The fraction of sp³-hybridized carbons (Fsp3) is 0.733. The standard InChI is InChI=1S/C15H25N5O4/c1-15(2,3)24-14(21)19-8-5-6-11(7-9-19)17-13-12(20(22)23)10-16-18(13)4/h10-11,17H,5-9H2,1-4H3/t11-/m1/s1. The van der Waals surface area contributed by atoms with Crippen LogP contribution in [0.1, 0.15) is 40.0 Å². The maximum atomic E-state index is 12.2. The molecule has 2 heterocycles. The third-order valence-electron chi connectivity index (χ3n) is 3.84. The van der Waals surface area contributed by atoms with E-state index in [1.807, 2.05) is 20.8 Å². The molecule has 2 rings (SSSR count). The molecular weight excluding hydrogens is 314 g/mol. The van der Waals surface area contributed by atoms with Crippen LogP contribution >= 0.6 is 0 Å². The molecule has 1 atom stereocenters. The lowest BCUT2D eigenvalue weighted by atomic mass is 10.1. The lowest BCUT2D eigenvalue weighted by molar-refractivity contribution is -0.384. The molecule has 134 valence electrons. The van der Waals surface area contributed by atoms with Crippen molar-refractivity contribution < 1.29 is 14.5 Å². The van der Waals surface area contributed by atoms with Crippen molar-refractivity contribution in [2.75, 3.05) is 18.4 Å². The van der Waals surface area contributed by atoms with E-state index in [0.717, 1.165) is 12.8 Å². The first-order valence-corrected chi connectivity index (χ1v) is 8.08. The van der Waals surface area contributed by atoms with Crippen LogP contribution in [0.3, 0.4) is 0 Å². The zero-order valence-electron chi connectivity index (χ0n) is 14.6. The molecule has 24 heavy (non-hydrogen) atoms. The molecule has 1 aliphatic heterocycles. The smallest absolute Gasteiger partial charge is 0.410 e.